The summed E-state index contributed by atoms with van der Waals surface area (Å²) in [6.45, 7) is 2.08. The minimum Gasteiger partial charge on any atom is -0.423 e. The molecule has 2 rings (SSSR count). The summed E-state index contributed by atoms with van der Waals surface area (Å²) in [4.78, 5) is 0. The molecule has 0 aliphatic heterocycles. The van der Waals surface area contributed by atoms with Crippen molar-refractivity contribution in [3.8, 4) is 11.1 Å². The molecule has 0 saturated carbocycles. The third-order valence-electron chi connectivity index (χ3n) is 2.91. The lowest BCUT2D eigenvalue weighted by molar-refractivity contribution is 0.268. The van der Waals surface area contributed by atoms with Crippen LogP contribution >= 0.6 is 0 Å². The van der Waals surface area contributed by atoms with Crippen molar-refractivity contribution in [2.24, 2.45) is 0 Å². The minimum atomic E-state index is -1.58. The summed E-state index contributed by atoms with van der Waals surface area (Å²) in [6.07, 6.45) is 0.655. The molecule has 104 valence electrons. The molecule has 0 radical (unpaired) electrons. The van der Waals surface area contributed by atoms with Gasteiger partial charge in [0, 0.05) is 6.61 Å². The Kier molecular flexibility index (Phi) is 4.87. The van der Waals surface area contributed by atoms with Crippen molar-refractivity contribution in [3.63, 3.8) is 0 Å². The van der Waals surface area contributed by atoms with Crippen molar-refractivity contribution in [3.05, 3.63) is 54.1 Å². The van der Waals surface area contributed by atoms with E-state index in [9.17, 15) is 13.8 Å². The Hall–Kier alpha value is -1.72. The number of hydrogen-bond donors (Lipinski definition) is 1. The van der Waals surface area contributed by atoms with Crippen LogP contribution in [0.2, 0.25) is 0 Å². The number of hydrogen-bond acceptors (Lipinski definition) is 2. The van der Waals surface area contributed by atoms with Gasteiger partial charge in [-0.3, -0.25) is 0 Å². The summed E-state index contributed by atoms with van der Waals surface area (Å²) < 4.78 is 32.9. The molecule has 2 aromatic carbocycles. The van der Waals surface area contributed by atoms with E-state index < -0.39 is 24.2 Å². The lowest BCUT2D eigenvalue weighted by Gasteiger charge is -2.11. The maximum atomic E-state index is 14.0. The molecule has 1 N–H and O–H groups in total. The molecule has 2 aromatic rings. The third kappa shape index (κ3) is 3.24. The third-order valence-corrected chi connectivity index (χ3v) is 2.91. The van der Waals surface area contributed by atoms with Gasteiger partial charge in [-0.15, -0.1) is 0 Å². The summed E-state index contributed by atoms with van der Waals surface area (Å²) in [5, 5.41) is 9.67. The van der Waals surface area contributed by atoms with Crippen LogP contribution in [0.5, 0.6) is 0 Å². The topological polar surface area (TPSA) is 29.5 Å². The van der Waals surface area contributed by atoms with Gasteiger partial charge >= 0.3 is 7.12 Å². The van der Waals surface area contributed by atoms with Crippen LogP contribution in [-0.4, -0.2) is 18.7 Å². The minimum absolute atomic E-state index is 0.237. The molecule has 5 heteroatoms. The van der Waals surface area contributed by atoms with Gasteiger partial charge in [0.25, 0.3) is 0 Å². The van der Waals surface area contributed by atoms with E-state index in [0.717, 1.165) is 0 Å². The van der Waals surface area contributed by atoms with E-state index in [1.54, 1.807) is 24.3 Å². The van der Waals surface area contributed by atoms with Gasteiger partial charge in [-0.1, -0.05) is 37.3 Å². The molecule has 0 amide bonds. The van der Waals surface area contributed by atoms with Crippen molar-refractivity contribution < 1.29 is 18.5 Å². The lowest BCUT2D eigenvalue weighted by Crippen LogP contribution is -2.38. The molecular weight excluding hydrogens is 261 g/mol. The molecule has 0 atom stereocenters. The first-order valence-corrected chi connectivity index (χ1v) is 6.47. The molecule has 0 aliphatic carbocycles. The summed E-state index contributed by atoms with van der Waals surface area (Å²) in [5.41, 5.74) is 0.686. The zero-order valence-electron chi connectivity index (χ0n) is 11.1. The quantitative estimate of drug-likeness (QED) is 0.851. The summed E-state index contributed by atoms with van der Waals surface area (Å²) >= 11 is 0. The molecule has 0 spiro atoms. The second-order valence-corrected chi connectivity index (χ2v) is 4.44. The Morgan fingerprint density at radius 2 is 1.65 bits per heavy atom. The largest absolute Gasteiger partial charge is 0.497 e. The van der Waals surface area contributed by atoms with Crippen LogP contribution in [0.15, 0.2) is 42.5 Å². The van der Waals surface area contributed by atoms with Crippen molar-refractivity contribution in [2.45, 2.75) is 13.3 Å². The second-order valence-electron chi connectivity index (χ2n) is 4.44. The van der Waals surface area contributed by atoms with E-state index in [1.807, 2.05) is 13.0 Å². The Balaban J connectivity index is 2.34. The fourth-order valence-electron chi connectivity index (χ4n) is 1.93. The maximum Gasteiger partial charge on any atom is 0.497 e. The zero-order valence-corrected chi connectivity index (χ0v) is 11.1. The SMILES string of the molecule is CCCOB(O)c1c(F)cc(-c2ccccc2)cc1F. The first kappa shape index (κ1) is 14.7. The van der Waals surface area contributed by atoms with E-state index in [1.165, 1.54) is 12.1 Å². The van der Waals surface area contributed by atoms with E-state index in [4.69, 9.17) is 4.65 Å². The van der Waals surface area contributed by atoms with E-state index >= 15 is 0 Å². The van der Waals surface area contributed by atoms with Crippen LogP contribution in [0.3, 0.4) is 0 Å². The number of rotatable bonds is 5. The summed E-state index contributed by atoms with van der Waals surface area (Å²) in [5.74, 6) is -1.63. The molecule has 0 heterocycles. The first-order valence-electron chi connectivity index (χ1n) is 6.47. The van der Waals surface area contributed by atoms with Crippen molar-refractivity contribution >= 4 is 12.6 Å². The van der Waals surface area contributed by atoms with Crippen molar-refractivity contribution in [1.29, 1.82) is 0 Å². The van der Waals surface area contributed by atoms with Gasteiger partial charge in [0.15, 0.2) is 0 Å². The number of halogens is 2. The molecule has 0 unspecified atom stereocenters. The molecule has 0 aliphatic rings. The van der Waals surface area contributed by atoms with Crippen molar-refractivity contribution in [1.82, 2.24) is 0 Å². The van der Waals surface area contributed by atoms with E-state index in [0.29, 0.717) is 17.5 Å². The predicted octanol–water partition coefficient (Wildman–Crippen LogP) is 2.75. The van der Waals surface area contributed by atoms with Gasteiger partial charge in [-0.25, -0.2) is 8.78 Å². The van der Waals surface area contributed by atoms with Gasteiger partial charge in [-0.05, 0) is 29.7 Å². The van der Waals surface area contributed by atoms with Crippen LogP contribution in [0.25, 0.3) is 11.1 Å². The normalized spacial score (nSPS) is 10.6. The summed E-state index contributed by atoms with van der Waals surface area (Å²) in [6, 6.07) is 11.3. The van der Waals surface area contributed by atoms with Gasteiger partial charge in [0.2, 0.25) is 0 Å². The predicted molar refractivity (Wildman–Crippen MR) is 75.6 cm³/mol. The molecule has 0 saturated heterocycles. The highest BCUT2D eigenvalue weighted by Crippen LogP contribution is 2.20. The molecule has 0 bridgehead atoms. The molecular formula is C15H15BF2O2. The van der Waals surface area contributed by atoms with Crippen LogP contribution in [0.1, 0.15) is 13.3 Å². The Morgan fingerprint density at radius 1 is 1.05 bits per heavy atom. The fraction of sp³-hybridized carbons (Fsp3) is 0.200. The zero-order chi connectivity index (χ0) is 14.5. The van der Waals surface area contributed by atoms with Gasteiger partial charge in [0.05, 0.1) is 5.46 Å². The molecule has 0 fully saturated rings. The van der Waals surface area contributed by atoms with Crippen LogP contribution in [0.4, 0.5) is 8.78 Å². The monoisotopic (exact) mass is 276 g/mol. The molecule has 2 nitrogen and oxygen atoms in total. The first-order chi connectivity index (χ1) is 9.63. The van der Waals surface area contributed by atoms with E-state index in [-0.39, 0.29) is 6.61 Å². The second kappa shape index (κ2) is 6.63. The van der Waals surface area contributed by atoms with Crippen LogP contribution < -0.4 is 5.46 Å². The highest BCUT2D eigenvalue weighted by molar-refractivity contribution is 6.60. The molecule has 20 heavy (non-hydrogen) atoms. The smallest absolute Gasteiger partial charge is 0.423 e. The van der Waals surface area contributed by atoms with E-state index in [2.05, 4.69) is 0 Å². The standard InChI is InChI=1S/C15H15BF2O2/c1-2-8-20-16(19)15-13(17)9-12(10-14(15)18)11-6-4-3-5-7-11/h3-7,9-10,19H,2,8H2,1H3. The van der Waals surface area contributed by atoms with Gasteiger partial charge in [-0.2, -0.15) is 0 Å². The Bertz CT molecular complexity index is 552. The van der Waals surface area contributed by atoms with Gasteiger partial charge < -0.3 is 9.68 Å². The fourth-order valence-corrected chi connectivity index (χ4v) is 1.93. The lowest BCUT2D eigenvalue weighted by atomic mass is 9.77. The highest BCUT2D eigenvalue weighted by Gasteiger charge is 2.25. The maximum absolute atomic E-state index is 14.0. The number of benzene rings is 2. The summed E-state index contributed by atoms with van der Waals surface area (Å²) in [7, 11) is -1.58. The van der Waals surface area contributed by atoms with Crippen LogP contribution in [0, 0.1) is 11.6 Å². The molecule has 0 aromatic heterocycles. The van der Waals surface area contributed by atoms with Crippen LogP contribution in [-0.2, 0) is 4.65 Å². The van der Waals surface area contributed by atoms with Crippen molar-refractivity contribution in [2.75, 3.05) is 6.61 Å². The highest BCUT2D eigenvalue weighted by atomic mass is 19.1. The Morgan fingerprint density at radius 3 is 2.20 bits per heavy atom. The average Bonchev–Trinajstić information content (AvgIpc) is 2.45. The van der Waals surface area contributed by atoms with Gasteiger partial charge in [0.1, 0.15) is 11.6 Å². The average molecular weight is 276 g/mol. The Labute approximate surface area is 117 Å².